The molecule has 0 saturated heterocycles. The number of halogens is 1. The van der Waals surface area contributed by atoms with E-state index < -0.39 is 0 Å². The van der Waals surface area contributed by atoms with Crippen molar-refractivity contribution in [3.05, 3.63) is 45.4 Å². The second-order valence-electron chi connectivity index (χ2n) is 7.49. The molecule has 1 aromatic heterocycles. The summed E-state index contributed by atoms with van der Waals surface area (Å²) >= 11 is 1.36. The number of carbonyl (C=O) groups excluding carboxylic acids is 1. The number of rotatable bonds is 8. The fraction of sp³-hybridized carbons (Fsp3) is 0.500. The normalized spacial score (nSPS) is 15.5. The van der Waals surface area contributed by atoms with Crippen molar-refractivity contribution in [1.29, 1.82) is 0 Å². The van der Waals surface area contributed by atoms with Gasteiger partial charge in [0.15, 0.2) is 5.96 Å². The Morgan fingerprint density at radius 2 is 2.00 bits per heavy atom. The van der Waals surface area contributed by atoms with Crippen LogP contribution >= 0.6 is 35.3 Å². The Morgan fingerprint density at radius 1 is 1.32 bits per heavy atom. The first kappa shape index (κ1) is 25.4. The Balaban J connectivity index is 0.00000341. The number of nitrogens with zero attached hydrogens (tertiary/aromatic N) is 2. The predicted octanol–water partition coefficient (Wildman–Crippen LogP) is 4.21. The van der Waals surface area contributed by atoms with E-state index in [1.807, 2.05) is 26.0 Å². The van der Waals surface area contributed by atoms with Crippen LogP contribution in [0.3, 0.4) is 0 Å². The summed E-state index contributed by atoms with van der Waals surface area (Å²) in [4.78, 5) is 21.5. The molecular weight excluding hydrogens is 527 g/mol. The molecule has 0 spiro atoms. The number of carbonyl (C=O) groups is 1. The molecule has 2 aromatic rings. The third-order valence-electron chi connectivity index (χ3n) is 5.37. The van der Waals surface area contributed by atoms with Crippen LogP contribution in [-0.2, 0) is 10.2 Å². The lowest BCUT2D eigenvalue weighted by atomic mass is 9.96. The second-order valence-corrected chi connectivity index (χ2v) is 8.52. The highest BCUT2D eigenvalue weighted by Crippen LogP contribution is 2.47. The number of aliphatic imine (C=N–C) groups is 1. The molecule has 1 heterocycles. The van der Waals surface area contributed by atoms with Crippen LogP contribution in [0.15, 0.2) is 29.3 Å². The summed E-state index contributed by atoms with van der Waals surface area (Å²) in [5.74, 6) is 1.27. The van der Waals surface area contributed by atoms with Crippen molar-refractivity contribution >= 4 is 47.2 Å². The minimum absolute atomic E-state index is 0. The minimum Gasteiger partial charge on any atom is -0.497 e. The van der Waals surface area contributed by atoms with Crippen LogP contribution in [-0.4, -0.2) is 44.2 Å². The molecule has 1 fully saturated rings. The molecule has 31 heavy (non-hydrogen) atoms. The second kappa shape index (κ2) is 11.1. The van der Waals surface area contributed by atoms with Gasteiger partial charge in [0.1, 0.15) is 15.6 Å². The van der Waals surface area contributed by atoms with Crippen LogP contribution in [0.1, 0.15) is 58.7 Å². The summed E-state index contributed by atoms with van der Waals surface area (Å²) in [5.41, 5.74) is 2.15. The van der Waals surface area contributed by atoms with E-state index in [9.17, 15) is 4.79 Å². The molecule has 1 aromatic carbocycles. The lowest BCUT2D eigenvalue weighted by Gasteiger charge is -2.21. The number of methoxy groups -OCH3 is 1. The van der Waals surface area contributed by atoms with Crippen LogP contribution in [0, 0.1) is 6.92 Å². The van der Waals surface area contributed by atoms with Crippen molar-refractivity contribution in [3.8, 4) is 5.75 Å². The zero-order valence-electron chi connectivity index (χ0n) is 18.7. The highest BCUT2D eigenvalue weighted by molar-refractivity contribution is 14.0. The summed E-state index contributed by atoms with van der Waals surface area (Å²) < 4.78 is 10.4. The van der Waals surface area contributed by atoms with Gasteiger partial charge in [0.2, 0.25) is 0 Å². The van der Waals surface area contributed by atoms with Crippen LogP contribution < -0.4 is 15.4 Å². The Hall–Kier alpha value is -1.88. The first-order valence-corrected chi connectivity index (χ1v) is 11.0. The number of aryl methyl sites for hydroxylation is 1. The van der Waals surface area contributed by atoms with Crippen molar-refractivity contribution in [1.82, 2.24) is 15.6 Å². The molecule has 170 valence electrons. The molecule has 1 aliphatic rings. The van der Waals surface area contributed by atoms with Gasteiger partial charge in [0.05, 0.1) is 25.5 Å². The molecule has 9 heteroatoms. The van der Waals surface area contributed by atoms with Crippen molar-refractivity contribution in [2.75, 3.05) is 27.3 Å². The van der Waals surface area contributed by atoms with Crippen molar-refractivity contribution in [3.63, 3.8) is 0 Å². The average Bonchev–Trinajstić information content (AvgIpc) is 3.45. The summed E-state index contributed by atoms with van der Waals surface area (Å²) in [6.45, 7) is 6.80. The predicted molar refractivity (Wildman–Crippen MR) is 135 cm³/mol. The van der Waals surface area contributed by atoms with E-state index in [-0.39, 0.29) is 41.4 Å². The number of hydrogen-bond donors (Lipinski definition) is 2. The van der Waals surface area contributed by atoms with Gasteiger partial charge in [-0.3, -0.25) is 4.99 Å². The molecular formula is C22H31IN4O3S. The number of ether oxygens (including phenoxy) is 2. The van der Waals surface area contributed by atoms with Gasteiger partial charge in [-0.1, -0.05) is 12.1 Å². The monoisotopic (exact) mass is 558 g/mol. The summed E-state index contributed by atoms with van der Waals surface area (Å²) in [7, 11) is 3.44. The molecule has 2 N–H and O–H groups in total. The Kier molecular flexibility index (Phi) is 9.11. The summed E-state index contributed by atoms with van der Waals surface area (Å²) in [6, 6.07) is 8.22. The van der Waals surface area contributed by atoms with E-state index in [4.69, 9.17) is 9.47 Å². The van der Waals surface area contributed by atoms with Gasteiger partial charge in [0, 0.05) is 19.0 Å². The number of nitrogens with one attached hydrogen (secondary N) is 2. The molecule has 0 radical (unpaired) electrons. The maximum Gasteiger partial charge on any atom is 0.350 e. The standard InChI is InChI=1S/C22H30N4O3S.HI/c1-6-29-20(27)18-14(2)25-19(30-18)15(3)26-21(23-4)24-13-22(11-12-22)16-7-9-17(28-5)10-8-16;/h7-10,15H,6,11-13H2,1-5H3,(H2,23,24,26);1H. The zero-order valence-corrected chi connectivity index (χ0v) is 21.8. The Morgan fingerprint density at radius 3 is 2.55 bits per heavy atom. The van der Waals surface area contributed by atoms with E-state index in [1.54, 1.807) is 21.1 Å². The van der Waals surface area contributed by atoms with Crippen molar-refractivity contribution < 1.29 is 14.3 Å². The number of benzene rings is 1. The third kappa shape index (κ3) is 6.09. The number of aromatic nitrogens is 1. The lowest BCUT2D eigenvalue weighted by molar-refractivity contribution is 0.0531. The average molecular weight is 558 g/mol. The fourth-order valence-corrected chi connectivity index (χ4v) is 4.33. The summed E-state index contributed by atoms with van der Waals surface area (Å²) in [6.07, 6.45) is 2.29. The molecule has 1 atom stereocenters. The first-order chi connectivity index (χ1) is 14.4. The number of guanidine groups is 1. The maximum absolute atomic E-state index is 12.1. The number of esters is 1. The first-order valence-electron chi connectivity index (χ1n) is 10.2. The molecule has 0 amide bonds. The van der Waals surface area contributed by atoms with Crippen molar-refractivity contribution in [2.24, 2.45) is 4.99 Å². The molecule has 1 unspecified atom stereocenters. The topological polar surface area (TPSA) is 84.8 Å². The molecule has 1 saturated carbocycles. The van der Waals surface area contributed by atoms with E-state index in [1.165, 1.54) is 16.9 Å². The van der Waals surface area contributed by atoms with E-state index in [0.717, 1.165) is 30.1 Å². The fourth-order valence-electron chi connectivity index (χ4n) is 3.37. The van der Waals surface area contributed by atoms with E-state index in [0.29, 0.717) is 23.1 Å². The van der Waals surface area contributed by atoms with Gasteiger partial charge in [-0.25, -0.2) is 9.78 Å². The zero-order chi connectivity index (χ0) is 21.7. The van der Waals surface area contributed by atoms with Crippen LogP contribution in [0.2, 0.25) is 0 Å². The van der Waals surface area contributed by atoms with Gasteiger partial charge in [-0.05, 0) is 51.3 Å². The quantitative estimate of drug-likeness (QED) is 0.219. The van der Waals surface area contributed by atoms with Gasteiger partial charge in [0.25, 0.3) is 0 Å². The van der Waals surface area contributed by atoms with Gasteiger partial charge in [-0.2, -0.15) is 0 Å². The largest absolute Gasteiger partial charge is 0.497 e. The Bertz CT molecular complexity index is 910. The third-order valence-corrected chi connectivity index (χ3v) is 6.69. The van der Waals surface area contributed by atoms with E-state index >= 15 is 0 Å². The molecule has 0 bridgehead atoms. The lowest BCUT2D eigenvalue weighted by Crippen LogP contribution is -2.42. The van der Waals surface area contributed by atoms with Gasteiger partial charge in [-0.15, -0.1) is 35.3 Å². The van der Waals surface area contributed by atoms with E-state index in [2.05, 4.69) is 32.7 Å². The molecule has 0 aliphatic heterocycles. The van der Waals surface area contributed by atoms with Crippen LogP contribution in [0.4, 0.5) is 0 Å². The van der Waals surface area contributed by atoms with Gasteiger partial charge >= 0.3 is 5.97 Å². The van der Waals surface area contributed by atoms with Crippen LogP contribution in [0.5, 0.6) is 5.75 Å². The van der Waals surface area contributed by atoms with Gasteiger partial charge < -0.3 is 20.1 Å². The van der Waals surface area contributed by atoms with Crippen molar-refractivity contribution in [2.45, 2.75) is 45.1 Å². The highest BCUT2D eigenvalue weighted by Gasteiger charge is 2.44. The molecule has 1 aliphatic carbocycles. The smallest absolute Gasteiger partial charge is 0.350 e. The SMILES string of the molecule is CCOC(=O)c1sc(C(C)NC(=NC)NCC2(c3ccc(OC)cc3)CC2)nc1C.I. The number of hydrogen-bond acceptors (Lipinski definition) is 6. The van der Waals surface area contributed by atoms with Crippen LogP contribution in [0.25, 0.3) is 0 Å². The number of thiazole rings is 1. The summed E-state index contributed by atoms with van der Waals surface area (Å²) in [5, 5.41) is 7.66. The minimum atomic E-state index is -0.316. The maximum atomic E-state index is 12.1. The highest BCUT2D eigenvalue weighted by atomic mass is 127. The Labute approximate surface area is 205 Å². The molecule has 3 rings (SSSR count). The molecule has 7 nitrogen and oxygen atoms in total.